The molecule has 0 bridgehead atoms. The average Bonchev–Trinajstić information content (AvgIpc) is 2.29. The number of halogens is 1. The summed E-state index contributed by atoms with van der Waals surface area (Å²) in [6.07, 6.45) is 0. The largest absolute Gasteiger partial charge is 0.294 e. The average molecular weight is 311 g/mol. The lowest BCUT2D eigenvalue weighted by atomic mass is 9.98. The molecule has 1 aliphatic rings. The van der Waals surface area contributed by atoms with Gasteiger partial charge in [0, 0.05) is 11.0 Å². The minimum Gasteiger partial charge on any atom is -0.294 e. The van der Waals surface area contributed by atoms with Crippen LogP contribution in [0, 0.1) is 0 Å². The van der Waals surface area contributed by atoms with Gasteiger partial charge in [0.1, 0.15) is 0 Å². The van der Waals surface area contributed by atoms with Crippen LogP contribution in [-0.2, 0) is 16.1 Å². The van der Waals surface area contributed by atoms with E-state index in [4.69, 9.17) is 0 Å². The van der Waals surface area contributed by atoms with E-state index < -0.39 is 5.54 Å². The Hall–Kier alpha value is -1.20. The zero-order chi connectivity index (χ0) is 13.3. The van der Waals surface area contributed by atoms with Gasteiger partial charge in [-0.25, -0.2) is 0 Å². The first kappa shape index (κ1) is 13.2. The maximum Gasteiger partial charge on any atom is 0.246 e. The van der Waals surface area contributed by atoms with Crippen molar-refractivity contribution < 1.29 is 9.59 Å². The lowest BCUT2D eigenvalue weighted by Gasteiger charge is -2.40. The molecule has 1 aromatic rings. The topological polar surface area (TPSA) is 49.4 Å². The van der Waals surface area contributed by atoms with Gasteiger partial charge in [-0.3, -0.25) is 19.8 Å². The summed E-state index contributed by atoms with van der Waals surface area (Å²) in [6, 6.07) is 7.82. The number of rotatable bonds is 2. The predicted octanol–water partition coefficient (Wildman–Crippen LogP) is 1.69. The zero-order valence-corrected chi connectivity index (χ0v) is 12.0. The van der Waals surface area contributed by atoms with Crippen molar-refractivity contribution in [3.63, 3.8) is 0 Å². The molecule has 1 aliphatic heterocycles. The van der Waals surface area contributed by atoms with Crippen LogP contribution in [0.5, 0.6) is 0 Å². The Kier molecular flexibility index (Phi) is 3.54. The molecule has 0 unspecified atom stereocenters. The van der Waals surface area contributed by atoms with Gasteiger partial charge in [0.05, 0.1) is 12.1 Å². The van der Waals surface area contributed by atoms with E-state index in [2.05, 4.69) is 21.2 Å². The maximum absolute atomic E-state index is 11.8. The van der Waals surface area contributed by atoms with E-state index in [-0.39, 0.29) is 18.4 Å². The molecular formula is C13H15BrN2O2. The summed E-state index contributed by atoms with van der Waals surface area (Å²) in [5, 5.41) is 2.37. The third-order valence-electron chi connectivity index (χ3n) is 3.25. The van der Waals surface area contributed by atoms with Gasteiger partial charge in [0.15, 0.2) is 0 Å². The highest BCUT2D eigenvalue weighted by molar-refractivity contribution is 9.10. The Labute approximate surface area is 114 Å². The van der Waals surface area contributed by atoms with E-state index in [0.29, 0.717) is 6.54 Å². The lowest BCUT2D eigenvalue weighted by Crippen LogP contribution is -2.63. The Morgan fingerprint density at radius 2 is 2.00 bits per heavy atom. The molecule has 18 heavy (non-hydrogen) atoms. The number of carbonyl (C=O) groups excluding carboxylic acids is 2. The smallest absolute Gasteiger partial charge is 0.246 e. The number of nitrogens with one attached hydrogen (secondary N) is 1. The molecule has 1 aromatic carbocycles. The van der Waals surface area contributed by atoms with Crippen molar-refractivity contribution in [3.8, 4) is 0 Å². The van der Waals surface area contributed by atoms with E-state index in [1.807, 2.05) is 43.0 Å². The SMILES string of the molecule is CC1(C)C(=O)NC(=O)CN1Cc1ccccc1Br. The first-order valence-electron chi connectivity index (χ1n) is 5.74. The van der Waals surface area contributed by atoms with Crippen molar-refractivity contribution >= 4 is 27.7 Å². The predicted molar refractivity (Wildman–Crippen MR) is 71.8 cm³/mol. The molecule has 0 aliphatic carbocycles. The van der Waals surface area contributed by atoms with Crippen LogP contribution in [0.3, 0.4) is 0 Å². The fraction of sp³-hybridized carbons (Fsp3) is 0.385. The molecular weight excluding hydrogens is 296 g/mol. The van der Waals surface area contributed by atoms with Gasteiger partial charge in [-0.1, -0.05) is 34.1 Å². The molecule has 0 atom stereocenters. The molecule has 0 aromatic heterocycles. The van der Waals surface area contributed by atoms with E-state index >= 15 is 0 Å². The number of amides is 2. The van der Waals surface area contributed by atoms with E-state index in [1.165, 1.54) is 0 Å². The fourth-order valence-electron chi connectivity index (χ4n) is 1.92. The van der Waals surface area contributed by atoms with Crippen LogP contribution in [0.2, 0.25) is 0 Å². The zero-order valence-electron chi connectivity index (χ0n) is 10.4. The van der Waals surface area contributed by atoms with Crippen LogP contribution in [0.25, 0.3) is 0 Å². The van der Waals surface area contributed by atoms with E-state index in [0.717, 1.165) is 10.0 Å². The number of nitrogens with zero attached hydrogens (tertiary/aromatic N) is 1. The lowest BCUT2D eigenvalue weighted by molar-refractivity contribution is -0.145. The van der Waals surface area contributed by atoms with Gasteiger partial charge >= 0.3 is 0 Å². The maximum atomic E-state index is 11.8. The molecule has 0 radical (unpaired) electrons. The molecule has 2 amide bonds. The van der Waals surface area contributed by atoms with Crippen molar-refractivity contribution in [2.24, 2.45) is 0 Å². The van der Waals surface area contributed by atoms with E-state index in [1.54, 1.807) is 0 Å². The number of carbonyl (C=O) groups is 2. The summed E-state index contributed by atoms with van der Waals surface area (Å²) in [6.45, 7) is 4.45. The number of piperazine rings is 1. The molecule has 2 rings (SSSR count). The van der Waals surface area contributed by atoms with Gasteiger partial charge in [-0.15, -0.1) is 0 Å². The van der Waals surface area contributed by atoms with Crippen molar-refractivity contribution in [1.29, 1.82) is 0 Å². The molecule has 1 saturated heterocycles. The minimum atomic E-state index is -0.677. The fourth-order valence-corrected chi connectivity index (χ4v) is 2.33. The second kappa shape index (κ2) is 4.82. The molecule has 1 N–H and O–H groups in total. The summed E-state index contributed by atoms with van der Waals surface area (Å²) in [5.74, 6) is -0.489. The highest BCUT2D eigenvalue weighted by Gasteiger charge is 2.40. The van der Waals surface area contributed by atoms with Gasteiger partial charge < -0.3 is 0 Å². The third-order valence-corrected chi connectivity index (χ3v) is 4.03. The molecule has 4 nitrogen and oxygen atoms in total. The van der Waals surface area contributed by atoms with Crippen molar-refractivity contribution in [3.05, 3.63) is 34.3 Å². The summed E-state index contributed by atoms with van der Waals surface area (Å²) >= 11 is 3.48. The summed E-state index contributed by atoms with van der Waals surface area (Å²) in [5.41, 5.74) is 0.386. The van der Waals surface area contributed by atoms with E-state index in [9.17, 15) is 9.59 Å². The standard InChI is InChI=1S/C13H15BrN2O2/c1-13(2)12(18)15-11(17)8-16(13)7-9-5-3-4-6-10(9)14/h3-6H,7-8H2,1-2H3,(H,15,17,18). The van der Waals surface area contributed by atoms with Gasteiger partial charge in [0.2, 0.25) is 11.8 Å². The Balaban J connectivity index is 2.24. The molecule has 96 valence electrons. The molecule has 0 saturated carbocycles. The number of benzene rings is 1. The second-order valence-electron chi connectivity index (χ2n) is 4.88. The monoisotopic (exact) mass is 310 g/mol. The quantitative estimate of drug-likeness (QED) is 0.846. The van der Waals surface area contributed by atoms with Gasteiger partial charge in [-0.05, 0) is 25.5 Å². The number of imide groups is 1. The van der Waals surface area contributed by atoms with Crippen LogP contribution in [-0.4, -0.2) is 28.8 Å². The van der Waals surface area contributed by atoms with Crippen molar-refractivity contribution in [1.82, 2.24) is 10.2 Å². The molecule has 0 spiro atoms. The van der Waals surface area contributed by atoms with Crippen molar-refractivity contribution in [2.45, 2.75) is 25.9 Å². The third kappa shape index (κ3) is 2.47. The molecule has 5 heteroatoms. The van der Waals surface area contributed by atoms with Gasteiger partial charge in [0.25, 0.3) is 0 Å². The normalized spacial score (nSPS) is 19.7. The summed E-state index contributed by atoms with van der Waals surface area (Å²) in [7, 11) is 0. The van der Waals surface area contributed by atoms with Crippen LogP contribution in [0.15, 0.2) is 28.7 Å². The van der Waals surface area contributed by atoms with Crippen LogP contribution in [0.1, 0.15) is 19.4 Å². The summed E-state index contributed by atoms with van der Waals surface area (Å²) in [4.78, 5) is 25.2. The van der Waals surface area contributed by atoms with Crippen LogP contribution >= 0.6 is 15.9 Å². The van der Waals surface area contributed by atoms with Crippen LogP contribution in [0.4, 0.5) is 0 Å². The number of hydrogen-bond donors (Lipinski definition) is 1. The highest BCUT2D eigenvalue weighted by Crippen LogP contribution is 2.24. The minimum absolute atomic E-state index is 0.236. The van der Waals surface area contributed by atoms with Crippen LogP contribution < -0.4 is 5.32 Å². The second-order valence-corrected chi connectivity index (χ2v) is 5.74. The first-order valence-corrected chi connectivity index (χ1v) is 6.53. The number of hydrogen-bond acceptors (Lipinski definition) is 3. The Bertz CT molecular complexity index is 500. The highest BCUT2D eigenvalue weighted by atomic mass is 79.9. The molecule has 1 fully saturated rings. The first-order chi connectivity index (χ1) is 8.41. The Morgan fingerprint density at radius 1 is 1.33 bits per heavy atom. The Morgan fingerprint density at radius 3 is 2.67 bits per heavy atom. The van der Waals surface area contributed by atoms with Crippen molar-refractivity contribution in [2.75, 3.05) is 6.54 Å². The molecule has 1 heterocycles. The van der Waals surface area contributed by atoms with Gasteiger partial charge in [-0.2, -0.15) is 0 Å². The summed E-state index contributed by atoms with van der Waals surface area (Å²) < 4.78 is 0.985.